The SMILES string of the molecule is COC(=O)[C@H](N)Cc1cccnc1Cl. The molecule has 0 bridgehead atoms. The van der Waals surface area contributed by atoms with Crippen LogP contribution in [0.3, 0.4) is 0 Å². The molecule has 1 heterocycles. The standard InChI is InChI=1S/C9H11ClN2O2/c1-14-9(13)7(11)5-6-3-2-4-12-8(6)10/h2-4,7H,5,11H2,1H3/t7-/m1/s1. The minimum absolute atomic E-state index is 0.333. The van der Waals surface area contributed by atoms with Gasteiger partial charge in [0.1, 0.15) is 11.2 Å². The van der Waals surface area contributed by atoms with Gasteiger partial charge >= 0.3 is 5.97 Å². The van der Waals surface area contributed by atoms with Gasteiger partial charge in [-0.2, -0.15) is 0 Å². The maximum absolute atomic E-state index is 11.0. The monoisotopic (exact) mass is 214 g/mol. The molecule has 0 aliphatic rings. The minimum atomic E-state index is -0.693. The lowest BCUT2D eigenvalue weighted by molar-refractivity contribution is -0.142. The number of hydrogen-bond acceptors (Lipinski definition) is 4. The van der Waals surface area contributed by atoms with Crippen molar-refractivity contribution < 1.29 is 9.53 Å². The van der Waals surface area contributed by atoms with E-state index >= 15 is 0 Å². The highest BCUT2D eigenvalue weighted by Gasteiger charge is 2.15. The number of carbonyl (C=O) groups excluding carboxylic acids is 1. The molecule has 0 spiro atoms. The highest BCUT2D eigenvalue weighted by molar-refractivity contribution is 6.30. The number of nitrogens with zero attached hydrogens (tertiary/aromatic N) is 1. The fourth-order valence-corrected chi connectivity index (χ4v) is 1.24. The quantitative estimate of drug-likeness (QED) is 0.597. The Kier molecular flexibility index (Phi) is 3.85. The number of carbonyl (C=O) groups is 1. The lowest BCUT2D eigenvalue weighted by Gasteiger charge is -2.09. The zero-order valence-corrected chi connectivity index (χ0v) is 8.49. The molecule has 4 nitrogen and oxygen atoms in total. The van der Waals surface area contributed by atoms with Gasteiger partial charge in [-0.1, -0.05) is 17.7 Å². The first-order chi connectivity index (χ1) is 6.65. The first-order valence-electron chi connectivity index (χ1n) is 4.08. The summed E-state index contributed by atoms with van der Waals surface area (Å²) in [4.78, 5) is 14.9. The lowest BCUT2D eigenvalue weighted by atomic mass is 10.1. The summed E-state index contributed by atoms with van der Waals surface area (Å²) in [5, 5.41) is 0.367. The molecule has 1 rings (SSSR count). The molecule has 5 heteroatoms. The Labute approximate surface area is 87.0 Å². The maximum Gasteiger partial charge on any atom is 0.322 e. The summed E-state index contributed by atoms with van der Waals surface area (Å²) in [5.41, 5.74) is 6.31. The molecule has 0 aliphatic carbocycles. The van der Waals surface area contributed by atoms with Crippen LogP contribution in [0.1, 0.15) is 5.56 Å². The Bertz CT molecular complexity index is 330. The molecule has 0 saturated carbocycles. The Morgan fingerprint density at radius 2 is 2.50 bits per heavy atom. The van der Waals surface area contributed by atoms with Gasteiger partial charge in [-0.15, -0.1) is 0 Å². The van der Waals surface area contributed by atoms with Gasteiger partial charge < -0.3 is 10.5 Å². The summed E-state index contributed by atoms with van der Waals surface area (Å²) < 4.78 is 4.50. The molecule has 2 N–H and O–H groups in total. The van der Waals surface area contributed by atoms with Crippen LogP contribution in [0.4, 0.5) is 0 Å². The van der Waals surface area contributed by atoms with E-state index in [0.717, 1.165) is 5.56 Å². The van der Waals surface area contributed by atoms with E-state index < -0.39 is 12.0 Å². The Balaban J connectivity index is 2.69. The van der Waals surface area contributed by atoms with Gasteiger partial charge in [0.15, 0.2) is 0 Å². The van der Waals surface area contributed by atoms with Crippen LogP contribution in [-0.4, -0.2) is 24.1 Å². The number of halogens is 1. The second-order valence-corrected chi connectivity index (χ2v) is 3.15. The van der Waals surface area contributed by atoms with Crippen LogP contribution in [-0.2, 0) is 16.0 Å². The van der Waals surface area contributed by atoms with Crippen LogP contribution in [0.5, 0.6) is 0 Å². The summed E-state index contributed by atoms with van der Waals surface area (Å²) >= 11 is 5.80. The van der Waals surface area contributed by atoms with Crippen LogP contribution < -0.4 is 5.73 Å². The van der Waals surface area contributed by atoms with Crippen molar-refractivity contribution in [2.24, 2.45) is 5.73 Å². The molecule has 0 unspecified atom stereocenters. The fourth-order valence-electron chi connectivity index (χ4n) is 1.04. The van der Waals surface area contributed by atoms with Gasteiger partial charge in [-0.05, 0) is 11.6 Å². The van der Waals surface area contributed by atoms with E-state index in [9.17, 15) is 4.79 Å². The van der Waals surface area contributed by atoms with Crippen LogP contribution in [0.2, 0.25) is 5.15 Å². The van der Waals surface area contributed by atoms with Crippen molar-refractivity contribution in [2.45, 2.75) is 12.5 Å². The predicted octanol–water partition coefficient (Wildman–Crippen LogP) is 0.778. The highest BCUT2D eigenvalue weighted by Crippen LogP contribution is 2.13. The summed E-state index contributed by atoms with van der Waals surface area (Å²) in [5.74, 6) is -0.454. The molecule has 0 aromatic carbocycles. The molecule has 0 fully saturated rings. The fraction of sp³-hybridized carbons (Fsp3) is 0.333. The molecule has 1 atom stereocenters. The number of methoxy groups -OCH3 is 1. The van der Waals surface area contributed by atoms with Gasteiger partial charge in [0, 0.05) is 12.6 Å². The number of hydrogen-bond donors (Lipinski definition) is 1. The van der Waals surface area contributed by atoms with Gasteiger partial charge in [-0.25, -0.2) is 4.98 Å². The second kappa shape index (κ2) is 4.93. The minimum Gasteiger partial charge on any atom is -0.468 e. The van der Waals surface area contributed by atoms with Crippen molar-refractivity contribution in [3.63, 3.8) is 0 Å². The van der Waals surface area contributed by atoms with E-state index in [4.69, 9.17) is 17.3 Å². The summed E-state index contributed by atoms with van der Waals surface area (Å²) in [6.45, 7) is 0. The molecule has 76 valence electrons. The number of ether oxygens (including phenoxy) is 1. The van der Waals surface area contributed by atoms with Gasteiger partial charge in [0.2, 0.25) is 0 Å². The second-order valence-electron chi connectivity index (χ2n) is 2.79. The van der Waals surface area contributed by atoms with E-state index in [1.165, 1.54) is 7.11 Å². The lowest BCUT2D eigenvalue weighted by Crippen LogP contribution is -2.33. The number of aromatic nitrogens is 1. The first kappa shape index (κ1) is 10.9. The molecule has 1 aromatic heterocycles. The van der Waals surface area contributed by atoms with Crippen molar-refractivity contribution in [3.05, 3.63) is 29.0 Å². The normalized spacial score (nSPS) is 12.2. The van der Waals surface area contributed by atoms with Crippen LogP contribution in [0.25, 0.3) is 0 Å². The van der Waals surface area contributed by atoms with Crippen molar-refractivity contribution in [1.82, 2.24) is 4.98 Å². The van der Waals surface area contributed by atoms with Crippen molar-refractivity contribution in [3.8, 4) is 0 Å². The Morgan fingerprint density at radius 1 is 1.79 bits per heavy atom. The Morgan fingerprint density at radius 3 is 3.07 bits per heavy atom. The largest absolute Gasteiger partial charge is 0.468 e. The zero-order valence-electron chi connectivity index (χ0n) is 7.74. The zero-order chi connectivity index (χ0) is 10.6. The van der Waals surface area contributed by atoms with Crippen molar-refractivity contribution >= 4 is 17.6 Å². The smallest absolute Gasteiger partial charge is 0.322 e. The molecule has 0 amide bonds. The van der Waals surface area contributed by atoms with Gasteiger partial charge in [0.05, 0.1) is 7.11 Å². The summed E-state index contributed by atoms with van der Waals surface area (Å²) in [7, 11) is 1.30. The summed E-state index contributed by atoms with van der Waals surface area (Å²) in [6.07, 6.45) is 1.91. The van der Waals surface area contributed by atoms with Gasteiger partial charge in [-0.3, -0.25) is 4.79 Å². The molecule has 0 radical (unpaired) electrons. The van der Waals surface area contributed by atoms with Crippen molar-refractivity contribution in [2.75, 3.05) is 7.11 Å². The average Bonchev–Trinajstić information content (AvgIpc) is 2.20. The number of pyridine rings is 1. The molecule has 14 heavy (non-hydrogen) atoms. The van der Waals surface area contributed by atoms with E-state index in [1.54, 1.807) is 18.3 Å². The maximum atomic E-state index is 11.0. The van der Waals surface area contributed by atoms with Crippen LogP contribution in [0, 0.1) is 0 Å². The topological polar surface area (TPSA) is 65.2 Å². The first-order valence-corrected chi connectivity index (χ1v) is 4.45. The third-order valence-corrected chi connectivity index (χ3v) is 2.12. The molecule has 1 aromatic rings. The van der Waals surface area contributed by atoms with Crippen LogP contribution >= 0.6 is 11.6 Å². The summed E-state index contributed by atoms with van der Waals surface area (Å²) in [6, 6.07) is 2.82. The van der Waals surface area contributed by atoms with E-state index in [1.807, 2.05) is 0 Å². The van der Waals surface area contributed by atoms with Crippen LogP contribution in [0.15, 0.2) is 18.3 Å². The molecule has 0 aliphatic heterocycles. The average molecular weight is 215 g/mol. The predicted molar refractivity (Wildman–Crippen MR) is 52.9 cm³/mol. The number of nitrogens with two attached hydrogens (primary N) is 1. The third kappa shape index (κ3) is 2.68. The molecule has 0 saturated heterocycles. The Hall–Kier alpha value is -1.13. The van der Waals surface area contributed by atoms with E-state index in [0.29, 0.717) is 11.6 Å². The number of esters is 1. The van der Waals surface area contributed by atoms with Crippen molar-refractivity contribution in [1.29, 1.82) is 0 Å². The van der Waals surface area contributed by atoms with E-state index in [2.05, 4.69) is 9.72 Å². The third-order valence-electron chi connectivity index (χ3n) is 1.78. The number of rotatable bonds is 3. The molecular weight excluding hydrogens is 204 g/mol. The van der Waals surface area contributed by atoms with Gasteiger partial charge in [0.25, 0.3) is 0 Å². The highest BCUT2D eigenvalue weighted by atomic mass is 35.5. The van der Waals surface area contributed by atoms with E-state index in [-0.39, 0.29) is 0 Å². The molecular formula is C9H11ClN2O2.